The molecule has 6 nitrogen and oxygen atoms in total. The van der Waals surface area contributed by atoms with E-state index >= 15 is 0 Å². The van der Waals surface area contributed by atoms with Crippen molar-refractivity contribution in [2.75, 3.05) is 13.1 Å². The van der Waals surface area contributed by atoms with Gasteiger partial charge in [-0.15, -0.1) is 12.4 Å². The number of hydrogen-bond donors (Lipinski definition) is 2. The molecule has 1 fully saturated rings. The van der Waals surface area contributed by atoms with Gasteiger partial charge in [0.2, 0.25) is 0 Å². The number of nitrogens with zero attached hydrogens (tertiary/aromatic N) is 3. The van der Waals surface area contributed by atoms with Gasteiger partial charge in [-0.25, -0.2) is 9.78 Å². The van der Waals surface area contributed by atoms with Crippen LogP contribution in [0.5, 0.6) is 0 Å². The van der Waals surface area contributed by atoms with E-state index in [4.69, 9.17) is 4.98 Å². The van der Waals surface area contributed by atoms with Crippen molar-refractivity contribution in [3.05, 3.63) is 64.3 Å². The molecule has 32 heavy (non-hydrogen) atoms. The lowest BCUT2D eigenvalue weighted by atomic mass is 10.0. The number of H-pyrrole nitrogens is 1. The van der Waals surface area contributed by atoms with Crippen molar-refractivity contribution in [3.63, 3.8) is 0 Å². The topological polar surface area (TPSA) is 67.6 Å². The SMILES string of the molecule is CCn1c(=O)n(CC)c2cc(-c3[nH]c([C@@H]4CCNC4)nc3-c3cccc(C)c3)ccc21.Cl. The molecule has 0 aliphatic carbocycles. The van der Waals surface area contributed by atoms with E-state index in [1.807, 2.05) is 23.0 Å². The average Bonchev–Trinajstić information content (AvgIpc) is 3.50. The fourth-order valence-electron chi connectivity index (χ4n) is 4.77. The fourth-order valence-corrected chi connectivity index (χ4v) is 4.77. The summed E-state index contributed by atoms with van der Waals surface area (Å²) in [5.74, 6) is 1.44. The molecule has 1 aliphatic rings. The second-order valence-electron chi connectivity index (χ2n) is 8.38. The molecule has 1 aliphatic heterocycles. The van der Waals surface area contributed by atoms with Crippen LogP contribution in [-0.4, -0.2) is 32.2 Å². The van der Waals surface area contributed by atoms with Crippen LogP contribution in [-0.2, 0) is 13.1 Å². The summed E-state index contributed by atoms with van der Waals surface area (Å²) in [5, 5.41) is 3.44. The highest BCUT2D eigenvalue weighted by molar-refractivity contribution is 5.86. The van der Waals surface area contributed by atoms with Crippen LogP contribution < -0.4 is 11.0 Å². The van der Waals surface area contributed by atoms with E-state index in [9.17, 15) is 4.79 Å². The molecule has 0 saturated carbocycles. The number of aryl methyl sites for hydroxylation is 3. The smallest absolute Gasteiger partial charge is 0.329 e. The quantitative estimate of drug-likeness (QED) is 0.462. The van der Waals surface area contributed by atoms with Gasteiger partial charge >= 0.3 is 5.69 Å². The van der Waals surface area contributed by atoms with Gasteiger partial charge in [0.05, 0.1) is 22.4 Å². The first-order chi connectivity index (χ1) is 15.1. The predicted molar refractivity (Wildman–Crippen MR) is 133 cm³/mol. The molecule has 2 N–H and O–H groups in total. The van der Waals surface area contributed by atoms with Gasteiger partial charge in [0.1, 0.15) is 5.82 Å². The van der Waals surface area contributed by atoms with E-state index in [-0.39, 0.29) is 18.1 Å². The van der Waals surface area contributed by atoms with Crippen molar-refractivity contribution in [2.45, 2.75) is 46.2 Å². The molecule has 0 bridgehead atoms. The van der Waals surface area contributed by atoms with E-state index in [0.717, 1.165) is 58.9 Å². The third-order valence-electron chi connectivity index (χ3n) is 6.40. The average molecular weight is 452 g/mol. The number of rotatable bonds is 5. The molecule has 0 spiro atoms. The van der Waals surface area contributed by atoms with E-state index < -0.39 is 0 Å². The molecule has 5 rings (SSSR count). The summed E-state index contributed by atoms with van der Waals surface area (Å²) in [6, 6.07) is 14.8. The minimum Gasteiger partial charge on any atom is -0.341 e. The van der Waals surface area contributed by atoms with Gasteiger partial charge in [-0.05, 0) is 51.9 Å². The molecule has 0 radical (unpaired) electrons. The van der Waals surface area contributed by atoms with Crippen LogP contribution in [0.15, 0.2) is 47.3 Å². The second-order valence-corrected chi connectivity index (χ2v) is 8.38. The maximum Gasteiger partial charge on any atom is 0.329 e. The first-order valence-electron chi connectivity index (χ1n) is 11.2. The Labute approximate surface area is 194 Å². The van der Waals surface area contributed by atoms with Gasteiger partial charge in [0, 0.05) is 36.7 Å². The molecular weight excluding hydrogens is 422 g/mol. The maximum atomic E-state index is 12.8. The third-order valence-corrected chi connectivity index (χ3v) is 6.40. The highest BCUT2D eigenvalue weighted by atomic mass is 35.5. The maximum absolute atomic E-state index is 12.8. The Balaban J connectivity index is 0.00000245. The minimum absolute atomic E-state index is 0. The lowest BCUT2D eigenvalue weighted by molar-refractivity contribution is 0.671. The number of aromatic nitrogens is 4. The number of fused-ring (bicyclic) bond motifs is 1. The standard InChI is InChI=1S/C25H29N5O.ClH/c1-4-29-20-10-9-18(14-21(20)30(5-2)25(29)31)23-22(17-8-6-7-16(3)13-17)27-24(28-23)19-11-12-26-15-19;/h6-10,13-14,19,26H,4-5,11-12,15H2,1-3H3,(H,27,28);1H/t19-;/m1./s1. The molecule has 1 atom stereocenters. The zero-order valence-corrected chi connectivity index (χ0v) is 19.6. The van der Waals surface area contributed by atoms with Crippen LogP contribution in [0, 0.1) is 6.92 Å². The number of benzene rings is 2. The van der Waals surface area contributed by atoms with E-state index in [2.05, 4.69) is 59.7 Å². The molecule has 4 aromatic rings. The van der Waals surface area contributed by atoms with E-state index in [0.29, 0.717) is 19.0 Å². The number of nitrogens with one attached hydrogen (secondary N) is 2. The number of aromatic amines is 1. The molecule has 2 aromatic carbocycles. The summed E-state index contributed by atoms with van der Waals surface area (Å²) in [7, 11) is 0. The van der Waals surface area contributed by atoms with Crippen LogP contribution in [0.2, 0.25) is 0 Å². The summed E-state index contributed by atoms with van der Waals surface area (Å²) in [6.07, 6.45) is 1.09. The molecule has 168 valence electrons. The van der Waals surface area contributed by atoms with Gasteiger partial charge in [0.25, 0.3) is 0 Å². The number of imidazole rings is 2. The highest BCUT2D eigenvalue weighted by Gasteiger charge is 2.24. The molecule has 7 heteroatoms. The minimum atomic E-state index is 0. The van der Waals surface area contributed by atoms with Crippen molar-refractivity contribution in [1.82, 2.24) is 24.4 Å². The Bertz CT molecular complexity index is 1310. The predicted octanol–water partition coefficient (Wildman–Crippen LogP) is 4.71. The molecule has 2 aromatic heterocycles. The Morgan fingerprint density at radius 3 is 2.50 bits per heavy atom. The van der Waals surface area contributed by atoms with E-state index in [1.54, 1.807) is 0 Å². The molecular formula is C25H30ClN5O. The number of halogens is 1. The number of hydrogen-bond acceptors (Lipinski definition) is 3. The first-order valence-corrected chi connectivity index (χ1v) is 11.2. The summed E-state index contributed by atoms with van der Waals surface area (Å²) in [6.45, 7) is 9.44. The van der Waals surface area contributed by atoms with Crippen LogP contribution >= 0.6 is 12.4 Å². The van der Waals surface area contributed by atoms with Crippen LogP contribution in [0.25, 0.3) is 33.5 Å². The Morgan fingerprint density at radius 1 is 1.03 bits per heavy atom. The van der Waals surface area contributed by atoms with Crippen molar-refractivity contribution >= 4 is 23.4 Å². The first kappa shape index (κ1) is 22.4. The van der Waals surface area contributed by atoms with Crippen molar-refractivity contribution in [2.24, 2.45) is 0 Å². The molecule has 1 saturated heterocycles. The lowest BCUT2D eigenvalue weighted by Crippen LogP contribution is -2.22. The Hall–Kier alpha value is -2.83. The van der Waals surface area contributed by atoms with E-state index in [1.165, 1.54) is 5.56 Å². The monoisotopic (exact) mass is 451 g/mol. The summed E-state index contributed by atoms with van der Waals surface area (Å²) >= 11 is 0. The van der Waals surface area contributed by atoms with Crippen LogP contribution in [0.4, 0.5) is 0 Å². The van der Waals surface area contributed by atoms with Gasteiger partial charge in [-0.3, -0.25) is 9.13 Å². The molecule has 3 heterocycles. The normalized spacial score (nSPS) is 15.9. The van der Waals surface area contributed by atoms with Gasteiger partial charge in [0.15, 0.2) is 0 Å². The summed E-state index contributed by atoms with van der Waals surface area (Å²) in [5.41, 5.74) is 7.39. The molecule has 0 unspecified atom stereocenters. The largest absolute Gasteiger partial charge is 0.341 e. The second kappa shape index (κ2) is 8.96. The zero-order chi connectivity index (χ0) is 21.5. The van der Waals surface area contributed by atoms with Gasteiger partial charge < -0.3 is 10.3 Å². The van der Waals surface area contributed by atoms with Gasteiger partial charge in [-0.1, -0.05) is 29.8 Å². The molecule has 0 amide bonds. The lowest BCUT2D eigenvalue weighted by Gasteiger charge is -2.06. The Morgan fingerprint density at radius 2 is 1.81 bits per heavy atom. The highest BCUT2D eigenvalue weighted by Crippen LogP contribution is 2.34. The zero-order valence-electron chi connectivity index (χ0n) is 18.8. The summed E-state index contributed by atoms with van der Waals surface area (Å²) < 4.78 is 3.69. The van der Waals surface area contributed by atoms with Gasteiger partial charge in [-0.2, -0.15) is 0 Å². The summed E-state index contributed by atoms with van der Waals surface area (Å²) in [4.78, 5) is 21.5. The van der Waals surface area contributed by atoms with Crippen LogP contribution in [0.3, 0.4) is 0 Å². The van der Waals surface area contributed by atoms with Crippen molar-refractivity contribution < 1.29 is 0 Å². The van der Waals surface area contributed by atoms with Crippen molar-refractivity contribution in [1.29, 1.82) is 0 Å². The van der Waals surface area contributed by atoms with Crippen LogP contribution in [0.1, 0.15) is 37.6 Å². The van der Waals surface area contributed by atoms with Crippen molar-refractivity contribution in [3.8, 4) is 22.5 Å². The third kappa shape index (κ3) is 3.67. The Kier molecular flexibility index (Phi) is 6.26. The fraction of sp³-hybridized carbons (Fsp3) is 0.360.